The zero-order valence-electron chi connectivity index (χ0n) is 17.5. The molecule has 0 radical (unpaired) electrons. The summed E-state index contributed by atoms with van der Waals surface area (Å²) in [7, 11) is 0. The van der Waals surface area contributed by atoms with Crippen LogP contribution in [0.25, 0.3) is 0 Å². The summed E-state index contributed by atoms with van der Waals surface area (Å²) < 4.78 is 17.0. The number of Topliss-reactive ketones (excluding diaryl/α,β-unsaturated/α-hetero) is 1. The van der Waals surface area contributed by atoms with Crippen molar-refractivity contribution >= 4 is 23.1 Å². The minimum atomic E-state index is -0.499. The Labute approximate surface area is 180 Å². The number of amides is 1. The first-order valence-electron chi connectivity index (χ1n) is 10.6. The molecule has 0 spiro atoms. The van der Waals surface area contributed by atoms with Crippen molar-refractivity contribution in [3.05, 3.63) is 42.0 Å². The third-order valence-corrected chi connectivity index (χ3v) is 5.85. The Morgan fingerprint density at radius 1 is 0.935 bits per heavy atom. The first kappa shape index (κ1) is 19.7. The summed E-state index contributed by atoms with van der Waals surface area (Å²) in [6, 6.07) is 11.4. The fourth-order valence-electron chi connectivity index (χ4n) is 4.30. The van der Waals surface area contributed by atoms with Gasteiger partial charge in [0.25, 0.3) is 5.78 Å². The molecule has 3 aliphatic heterocycles. The molecule has 2 aromatic rings. The number of ether oxygens (including phenoxy) is 3. The van der Waals surface area contributed by atoms with Gasteiger partial charge in [0.2, 0.25) is 0 Å². The lowest BCUT2D eigenvalue weighted by Gasteiger charge is -2.38. The number of para-hydroxylation sites is 2. The molecule has 8 heteroatoms. The number of carbonyl (C=O) groups excluding carboxylic acids is 2. The van der Waals surface area contributed by atoms with E-state index >= 15 is 0 Å². The molecule has 3 aliphatic rings. The average Bonchev–Trinajstić information content (AvgIpc) is 3.03. The number of piperazine rings is 1. The first-order valence-corrected chi connectivity index (χ1v) is 10.6. The van der Waals surface area contributed by atoms with Gasteiger partial charge in [-0.1, -0.05) is 12.1 Å². The minimum absolute atomic E-state index is 0.373. The van der Waals surface area contributed by atoms with Gasteiger partial charge in [-0.2, -0.15) is 0 Å². The highest BCUT2D eigenvalue weighted by molar-refractivity contribution is 6.52. The van der Waals surface area contributed by atoms with E-state index in [0.717, 1.165) is 37.6 Å². The number of ketones is 1. The van der Waals surface area contributed by atoms with Gasteiger partial charge in [0, 0.05) is 32.2 Å². The SMILES string of the molecule is CCOc1ccccc1N1CCN(CN2C(=O)C(=O)c3cc4c(cc32)OCCO4)CC1. The second-order valence-electron chi connectivity index (χ2n) is 7.72. The number of hydrogen-bond acceptors (Lipinski definition) is 7. The zero-order chi connectivity index (χ0) is 21.4. The quantitative estimate of drug-likeness (QED) is 0.683. The minimum Gasteiger partial charge on any atom is -0.492 e. The molecule has 3 heterocycles. The Morgan fingerprint density at radius 2 is 1.65 bits per heavy atom. The summed E-state index contributed by atoms with van der Waals surface area (Å²) in [4.78, 5) is 31.3. The van der Waals surface area contributed by atoms with Gasteiger partial charge < -0.3 is 19.1 Å². The van der Waals surface area contributed by atoms with E-state index in [1.807, 2.05) is 25.1 Å². The van der Waals surface area contributed by atoms with Gasteiger partial charge in [-0.05, 0) is 25.1 Å². The Morgan fingerprint density at radius 3 is 2.39 bits per heavy atom. The van der Waals surface area contributed by atoms with E-state index in [4.69, 9.17) is 14.2 Å². The number of fused-ring (bicyclic) bond motifs is 2. The Hall–Kier alpha value is -3.26. The molecule has 1 amide bonds. The van der Waals surface area contributed by atoms with Crippen molar-refractivity contribution in [3.8, 4) is 17.2 Å². The fraction of sp³-hybridized carbons (Fsp3) is 0.391. The van der Waals surface area contributed by atoms with Crippen LogP contribution in [0.4, 0.5) is 11.4 Å². The normalized spacial score (nSPS) is 18.4. The maximum atomic E-state index is 12.7. The molecule has 5 rings (SSSR count). The Bertz CT molecular complexity index is 1020. The molecule has 8 nitrogen and oxygen atoms in total. The molecule has 0 N–H and O–H groups in total. The molecule has 0 atom stereocenters. The predicted octanol–water partition coefficient (Wildman–Crippen LogP) is 2.17. The summed E-state index contributed by atoms with van der Waals surface area (Å²) in [6.45, 7) is 7.05. The van der Waals surface area contributed by atoms with Crippen LogP contribution in [0, 0.1) is 0 Å². The van der Waals surface area contributed by atoms with Crippen LogP contribution in [-0.2, 0) is 4.79 Å². The fourth-order valence-corrected chi connectivity index (χ4v) is 4.30. The van der Waals surface area contributed by atoms with Gasteiger partial charge in [0.1, 0.15) is 19.0 Å². The summed E-state index contributed by atoms with van der Waals surface area (Å²) in [5, 5.41) is 0. The van der Waals surface area contributed by atoms with Crippen LogP contribution in [0.2, 0.25) is 0 Å². The van der Waals surface area contributed by atoms with E-state index < -0.39 is 11.7 Å². The summed E-state index contributed by atoms with van der Waals surface area (Å²) in [5.41, 5.74) is 2.08. The van der Waals surface area contributed by atoms with E-state index in [-0.39, 0.29) is 0 Å². The summed E-state index contributed by atoms with van der Waals surface area (Å²) >= 11 is 0. The second kappa shape index (κ2) is 8.11. The van der Waals surface area contributed by atoms with E-state index in [0.29, 0.717) is 49.2 Å². The van der Waals surface area contributed by atoms with Crippen LogP contribution in [0.3, 0.4) is 0 Å². The Kier molecular flexibility index (Phi) is 5.15. The van der Waals surface area contributed by atoms with Gasteiger partial charge >= 0.3 is 5.91 Å². The van der Waals surface area contributed by atoms with Gasteiger partial charge in [0.15, 0.2) is 11.5 Å². The van der Waals surface area contributed by atoms with Gasteiger partial charge in [-0.15, -0.1) is 0 Å². The van der Waals surface area contributed by atoms with Crippen molar-refractivity contribution in [2.24, 2.45) is 0 Å². The standard InChI is InChI=1S/C23H25N3O5/c1-2-29-19-6-4-3-5-17(19)25-9-7-24(8-10-25)15-26-18-14-21-20(30-11-12-31-21)13-16(18)22(27)23(26)28/h3-6,13-14H,2,7-12,15H2,1H3. The van der Waals surface area contributed by atoms with E-state index in [1.54, 1.807) is 17.0 Å². The lowest BCUT2D eigenvalue weighted by atomic mass is 10.1. The van der Waals surface area contributed by atoms with Crippen LogP contribution in [0.15, 0.2) is 36.4 Å². The number of rotatable bonds is 5. The van der Waals surface area contributed by atoms with E-state index in [1.165, 1.54) is 0 Å². The molecule has 0 aliphatic carbocycles. The van der Waals surface area contributed by atoms with E-state index in [2.05, 4.69) is 15.9 Å². The first-order chi connectivity index (χ1) is 15.2. The van der Waals surface area contributed by atoms with Crippen molar-refractivity contribution in [1.29, 1.82) is 0 Å². The van der Waals surface area contributed by atoms with Crippen molar-refractivity contribution in [2.45, 2.75) is 6.92 Å². The molecule has 2 aromatic carbocycles. The third-order valence-electron chi connectivity index (χ3n) is 5.85. The molecule has 0 bridgehead atoms. The maximum absolute atomic E-state index is 12.7. The molecule has 0 saturated carbocycles. The van der Waals surface area contributed by atoms with Gasteiger partial charge in [0.05, 0.1) is 30.2 Å². The molecule has 1 saturated heterocycles. The summed E-state index contributed by atoms with van der Waals surface area (Å²) in [5.74, 6) is 1.00. The topological polar surface area (TPSA) is 71.6 Å². The number of carbonyl (C=O) groups is 2. The van der Waals surface area contributed by atoms with Crippen LogP contribution >= 0.6 is 0 Å². The van der Waals surface area contributed by atoms with Crippen molar-refractivity contribution in [3.63, 3.8) is 0 Å². The molecular weight excluding hydrogens is 398 g/mol. The third kappa shape index (κ3) is 3.57. The lowest BCUT2D eigenvalue weighted by molar-refractivity contribution is -0.114. The van der Waals surface area contributed by atoms with Crippen molar-refractivity contribution < 1.29 is 23.8 Å². The number of benzene rings is 2. The van der Waals surface area contributed by atoms with Crippen molar-refractivity contribution in [2.75, 3.05) is 62.5 Å². The van der Waals surface area contributed by atoms with Crippen LogP contribution in [-0.4, -0.2) is 69.3 Å². The molecule has 0 unspecified atom stereocenters. The van der Waals surface area contributed by atoms with Crippen LogP contribution < -0.4 is 24.0 Å². The average molecular weight is 423 g/mol. The second-order valence-corrected chi connectivity index (χ2v) is 7.72. The van der Waals surface area contributed by atoms with E-state index in [9.17, 15) is 9.59 Å². The molecular formula is C23H25N3O5. The lowest BCUT2D eigenvalue weighted by Crippen LogP contribution is -2.51. The molecule has 1 fully saturated rings. The molecule has 162 valence electrons. The van der Waals surface area contributed by atoms with Crippen LogP contribution in [0.1, 0.15) is 17.3 Å². The maximum Gasteiger partial charge on any atom is 0.300 e. The highest BCUT2D eigenvalue weighted by atomic mass is 16.6. The van der Waals surface area contributed by atoms with Crippen LogP contribution in [0.5, 0.6) is 17.2 Å². The Balaban J connectivity index is 1.29. The van der Waals surface area contributed by atoms with Gasteiger partial charge in [-0.3, -0.25) is 19.4 Å². The van der Waals surface area contributed by atoms with Crippen molar-refractivity contribution in [1.82, 2.24) is 4.90 Å². The molecule has 0 aromatic heterocycles. The smallest absolute Gasteiger partial charge is 0.300 e. The zero-order valence-corrected chi connectivity index (χ0v) is 17.5. The largest absolute Gasteiger partial charge is 0.492 e. The molecule has 31 heavy (non-hydrogen) atoms. The highest BCUT2D eigenvalue weighted by Crippen LogP contribution is 2.40. The van der Waals surface area contributed by atoms with Gasteiger partial charge in [-0.25, -0.2) is 0 Å². The summed E-state index contributed by atoms with van der Waals surface area (Å²) in [6.07, 6.45) is 0. The number of nitrogens with zero attached hydrogens (tertiary/aromatic N) is 3. The highest BCUT2D eigenvalue weighted by Gasteiger charge is 2.39. The predicted molar refractivity (Wildman–Crippen MR) is 116 cm³/mol. The number of anilines is 2. The monoisotopic (exact) mass is 423 g/mol. The number of hydrogen-bond donors (Lipinski definition) is 0.